The monoisotopic (exact) mass is 610 g/mol. The van der Waals surface area contributed by atoms with Crippen molar-refractivity contribution in [2.75, 3.05) is 26.4 Å². The zero-order valence-electron chi connectivity index (χ0n) is 26.2. The van der Waals surface area contributed by atoms with Crippen molar-refractivity contribution in [3.63, 3.8) is 0 Å². The lowest BCUT2D eigenvalue weighted by atomic mass is 9.83. The zero-order chi connectivity index (χ0) is 30.5. The van der Waals surface area contributed by atoms with Crippen molar-refractivity contribution < 1.29 is 32.3 Å². The van der Waals surface area contributed by atoms with Crippen molar-refractivity contribution in [3.05, 3.63) is 46.5 Å². The molecule has 0 aliphatic heterocycles. The standard InChI is InChI=1S/C32H52O7P2/c1-8-12-20-36-40(34,37-21-13-9-2)30(41(35,38-22-14-10-3)39-23-15-11-4)25-26-24-29(32(5,6)7)31(33)28-19-17-16-18-27(26)28/h16-19,24-25,33H,8-15,20-23H2,1-7H3. The Kier molecular flexibility index (Phi) is 14.8. The van der Waals surface area contributed by atoms with Gasteiger partial charge >= 0.3 is 15.2 Å². The van der Waals surface area contributed by atoms with Gasteiger partial charge in [-0.15, -0.1) is 0 Å². The summed E-state index contributed by atoms with van der Waals surface area (Å²) in [7, 11) is -8.27. The average Bonchev–Trinajstić information content (AvgIpc) is 2.92. The molecule has 9 heteroatoms. The third kappa shape index (κ3) is 10.1. The number of aromatic hydroxyl groups is 1. The molecule has 2 aromatic rings. The molecule has 0 bridgehead atoms. The second-order valence-electron chi connectivity index (χ2n) is 11.4. The predicted octanol–water partition coefficient (Wildman–Crippen LogP) is 10.8. The number of hydrogen-bond donors (Lipinski definition) is 1. The summed E-state index contributed by atoms with van der Waals surface area (Å²) in [5.74, 6) is 0.190. The molecular formula is C32H52O7P2. The van der Waals surface area contributed by atoms with Crippen LogP contribution in [0.4, 0.5) is 0 Å². The molecule has 2 aromatic carbocycles. The van der Waals surface area contributed by atoms with Crippen LogP contribution in [0, 0.1) is 0 Å². The van der Waals surface area contributed by atoms with Crippen molar-refractivity contribution in [3.8, 4) is 5.75 Å². The Morgan fingerprint density at radius 1 is 0.732 bits per heavy atom. The Labute approximate surface area is 248 Å². The number of phenolic OH excluding ortho intramolecular Hbond substituents is 1. The van der Waals surface area contributed by atoms with E-state index in [1.165, 1.54) is 0 Å². The van der Waals surface area contributed by atoms with Crippen LogP contribution >= 0.6 is 15.2 Å². The average molecular weight is 611 g/mol. The fourth-order valence-corrected chi connectivity index (χ4v) is 8.82. The molecule has 0 heterocycles. The largest absolute Gasteiger partial charge is 0.507 e. The summed E-state index contributed by atoms with van der Waals surface area (Å²) in [5.41, 5.74) is 0.952. The Morgan fingerprint density at radius 2 is 1.12 bits per heavy atom. The van der Waals surface area contributed by atoms with E-state index in [2.05, 4.69) is 0 Å². The highest BCUT2D eigenvalue weighted by Gasteiger charge is 2.46. The molecule has 1 N–H and O–H groups in total. The van der Waals surface area contributed by atoms with E-state index in [4.69, 9.17) is 18.1 Å². The third-order valence-corrected chi connectivity index (χ3v) is 11.7. The smallest absolute Gasteiger partial charge is 0.369 e. The molecule has 0 atom stereocenters. The van der Waals surface area contributed by atoms with Crippen LogP contribution in [0.1, 0.15) is 111 Å². The predicted molar refractivity (Wildman–Crippen MR) is 171 cm³/mol. The van der Waals surface area contributed by atoms with Gasteiger partial charge in [-0.3, -0.25) is 9.13 Å². The van der Waals surface area contributed by atoms with Gasteiger partial charge in [0.05, 0.1) is 26.4 Å². The number of fused-ring (bicyclic) bond motifs is 1. The van der Waals surface area contributed by atoms with Gasteiger partial charge in [-0.2, -0.15) is 0 Å². The third-order valence-electron chi connectivity index (χ3n) is 6.74. The van der Waals surface area contributed by atoms with Gasteiger partial charge < -0.3 is 23.2 Å². The lowest BCUT2D eigenvalue weighted by Gasteiger charge is -2.28. The minimum absolute atomic E-state index is 0.0832. The number of benzene rings is 2. The molecule has 0 saturated heterocycles. The Hall–Kier alpha value is -1.46. The van der Waals surface area contributed by atoms with Crippen LogP contribution in [0.25, 0.3) is 16.8 Å². The fourth-order valence-electron chi connectivity index (χ4n) is 4.18. The van der Waals surface area contributed by atoms with Crippen LogP contribution in [0.15, 0.2) is 35.4 Å². The van der Waals surface area contributed by atoms with E-state index < -0.39 is 20.6 Å². The molecule has 0 amide bonds. The van der Waals surface area contributed by atoms with Crippen molar-refractivity contribution in [1.29, 1.82) is 0 Å². The van der Waals surface area contributed by atoms with Crippen LogP contribution in [-0.2, 0) is 32.6 Å². The van der Waals surface area contributed by atoms with Crippen LogP contribution in [0.2, 0.25) is 0 Å². The first kappa shape index (κ1) is 35.7. The van der Waals surface area contributed by atoms with Gasteiger partial charge in [-0.1, -0.05) is 98.4 Å². The molecule has 0 aliphatic rings. The first-order valence-corrected chi connectivity index (χ1v) is 18.3. The molecule has 0 fully saturated rings. The SMILES string of the molecule is CCCCOP(=O)(OCCCC)C(=Cc1cc(C(C)(C)C)c(O)c2ccccc12)P(=O)(OCCCC)OCCCC. The Bertz CT molecular complexity index is 1150. The minimum Gasteiger partial charge on any atom is -0.507 e. The highest BCUT2D eigenvalue weighted by Crippen LogP contribution is 2.74. The first-order valence-electron chi connectivity index (χ1n) is 15.2. The fraction of sp³-hybridized carbons (Fsp3) is 0.625. The molecule has 0 aliphatic carbocycles. The summed E-state index contributed by atoms with van der Waals surface area (Å²) >= 11 is 0. The summed E-state index contributed by atoms with van der Waals surface area (Å²) in [5, 5.41) is 12.5. The van der Waals surface area contributed by atoms with Gasteiger partial charge in [-0.05, 0) is 54.2 Å². The van der Waals surface area contributed by atoms with Crippen molar-refractivity contribution in [1.82, 2.24) is 0 Å². The normalized spacial score (nSPS) is 12.7. The van der Waals surface area contributed by atoms with E-state index in [1.54, 1.807) is 6.08 Å². The van der Waals surface area contributed by atoms with Crippen LogP contribution in [-0.4, -0.2) is 31.5 Å². The van der Waals surface area contributed by atoms with E-state index >= 15 is 0 Å². The van der Waals surface area contributed by atoms with Crippen LogP contribution < -0.4 is 0 Å². The van der Waals surface area contributed by atoms with Crippen LogP contribution in [0.5, 0.6) is 5.75 Å². The first-order chi connectivity index (χ1) is 19.5. The molecule has 0 unspecified atom stereocenters. The van der Waals surface area contributed by atoms with Gasteiger partial charge in [-0.25, -0.2) is 0 Å². The Morgan fingerprint density at radius 3 is 1.49 bits per heavy atom. The zero-order valence-corrected chi connectivity index (χ0v) is 28.0. The number of hydrogen-bond acceptors (Lipinski definition) is 7. The van der Waals surface area contributed by atoms with Crippen molar-refractivity contribution in [2.24, 2.45) is 0 Å². The van der Waals surface area contributed by atoms with Gasteiger partial charge in [0.15, 0.2) is 5.06 Å². The molecule has 2 rings (SSSR count). The van der Waals surface area contributed by atoms with Crippen molar-refractivity contribution in [2.45, 2.75) is 105 Å². The highest BCUT2D eigenvalue weighted by atomic mass is 31.2. The topological polar surface area (TPSA) is 91.3 Å². The molecule has 7 nitrogen and oxygen atoms in total. The highest BCUT2D eigenvalue weighted by molar-refractivity contribution is 7.79. The maximum absolute atomic E-state index is 14.8. The lowest BCUT2D eigenvalue weighted by molar-refractivity contribution is 0.194. The minimum atomic E-state index is -4.13. The molecule has 0 spiro atoms. The molecule has 0 aromatic heterocycles. The van der Waals surface area contributed by atoms with Gasteiger partial charge in [0.1, 0.15) is 5.75 Å². The van der Waals surface area contributed by atoms with E-state index in [0.29, 0.717) is 42.2 Å². The summed E-state index contributed by atoms with van der Waals surface area (Å²) < 4.78 is 53.6. The molecule has 41 heavy (non-hydrogen) atoms. The van der Waals surface area contributed by atoms with Gasteiger partial charge in [0.2, 0.25) is 0 Å². The summed E-state index contributed by atoms with van der Waals surface area (Å²) in [6.07, 6.45) is 7.64. The lowest BCUT2D eigenvalue weighted by Crippen LogP contribution is -2.12. The Balaban J connectivity index is 2.93. The summed E-state index contributed by atoms with van der Waals surface area (Å²) in [6, 6.07) is 9.33. The molecule has 0 saturated carbocycles. The van der Waals surface area contributed by atoms with Crippen molar-refractivity contribution >= 4 is 32.0 Å². The summed E-state index contributed by atoms with van der Waals surface area (Å²) in [6.45, 7) is 14.9. The maximum atomic E-state index is 14.8. The van der Waals surface area contributed by atoms with E-state index in [0.717, 1.165) is 31.1 Å². The van der Waals surface area contributed by atoms with E-state index in [1.807, 2.05) is 78.8 Å². The molecule has 0 radical (unpaired) electrons. The molecule has 232 valence electrons. The maximum Gasteiger partial charge on any atom is 0.369 e. The van der Waals surface area contributed by atoms with Gasteiger partial charge in [0, 0.05) is 10.9 Å². The quantitative estimate of drug-likeness (QED) is 0.125. The summed E-state index contributed by atoms with van der Waals surface area (Å²) in [4.78, 5) is 0. The number of phenols is 1. The van der Waals surface area contributed by atoms with Gasteiger partial charge in [0.25, 0.3) is 0 Å². The molecular weight excluding hydrogens is 558 g/mol. The second kappa shape index (κ2) is 17.0. The van der Waals surface area contributed by atoms with E-state index in [-0.39, 0.29) is 37.2 Å². The van der Waals surface area contributed by atoms with E-state index in [9.17, 15) is 14.2 Å². The number of rotatable bonds is 19. The second-order valence-corrected chi connectivity index (χ2v) is 15.7. The van der Waals surface area contributed by atoms with Crippen LogP contribution in [0.3, 0.4) is 0 Å². The number of unbranched alkanes of at least 4 members (excludes halogenated alkanes) is 4.